The molecule has 0 aromatic carbocycles. The summed E-state index contributed by atoms with van der Waals surface area (Å²) in [4.78, 5) is 12.6. The normalized spacial score (nSPS) is 43.4. The van der Waals surface area contributed by atoms with Gasteiger partial charge >= 0.3 is 5.97 Å². The minimum absolute atomic E-state index is 0.0207. The van der Waals surface area contributed by atoms with Gasteiger partial charge in [0.05, 0.1) is 18.1 Å². The molecule has 0 aromatic rings. The van der Waals surface area contributed by atoms with Crippen molar-refractivity contribution in [3.63, 3.8) is 0 Å². The molecule has 126 valence electrons. The Morgan fingerprint density at radius 1 is 1.09 bits per heavy atom. The lowest BCUT2D eigenvalue weighted by molar-refractivity contribution is -0.164. The molecule has 3 fully saturated rings. The number of carbonyl (C=O) groups is 1. The Morgan fingerprint density at radius 2 is 1.73 bits per heavy atom. The number of fused-ring (bicyclic) bond motifs is 5. The summed E-state index contributed by atoms with van der Waals surface area (Å²) in [7, 11) is 0. The van der Waals surface area contributed by atoms with Gasteiger partial charge in [0, 0.05) is 0 Å². The molecule has 3 rings (SSSR count). The molecule has 7 unspecified atom stereocenters. The van der Waals surface area contributed by atoms with Crippen LogP contribution in [0.15, 0.2) is 0 Å². The quantitative estimate of drug-likeness (QED) is 0.714. The van der Waals surface area contributed by atoms with Crippen LogP contribution in [-0.2, 0) is 14.3 Å². The van der Waals surface area contributed by atoms with Gasteiger partial charge in [-0.05, 0) is 56.8 Å². The average molecular weight is 308 g/mol. The third kappa shape index (κ3) is 2.50. The monoisotopic (exact) mass is 308 g/mol. The average Bonchev–Trinajstić information content (AvgIpc) is 3.16. The van der Waals surface area contributed by atoms with Crippen LogP contribution in [0.2, 0.25) is 0 Å². The lowest BCUT2D eigenvalue weighted by Gasteiger charge is -2.33. The smallest absolute Gasteiger partial charge is 0.312 e. The second-order valence-corrected chi connectivity index (χ2v) is 8.24. The van der Waals surface area contributed by atoms with Gasteiger partial charge in [-0.25, -0.2) is 0 Å². The molecule has 3 nitrogen and oxygen atoms in total. The van der Waals surface area contributed by atoms with Crippen LogP contribution >= 0.6 is 0 Å². The second kappa shape index (κ2) is 5.81. The highest BCUT2D eigenvalue weighted by molar-refractivity contribution is 5.74. The van der Waals surface area contributed by atoms with E-state index in [2.05, 4.69) is 20.8 Å². The summed E-state index contributed by atoms with van der Waals surface area (Å²) in [6.07, 6.45) is 5.96. The van der Waals surface area contributed by atoms with Crippen LogP contribution in [-0.4, -0.2) is 23.8 Å². The second-order valence-electron chi connectivity index (χ2n) is 8.24. The molecule has 3 aliphatic rings. The van der Waals surface area contributed by atoms with Crippen LogP contribution < -0.4 is 0 Å². The summed E-state index contributed by atoms with van der Waals surface area (Å²) in [5.74, 6) is 2.78. The molecule has 2 bridgehead atoms. The molecule has 2 aliphatic heterocycles. The Kier molecular flexibility index (Phi) is 4.30. The van der Waals surface area contributed by atoms with Crippen molar-refractivity contribution in [3.05, 3.63) is 0 Å². The van der Waals surface area contributed by atoms with Gasteiger partial charge in [-0.3, -0.25) is 4.79 Å². The summed E-state index contributed by atoms with van der Waals surface area (Å²) in [5.41, 5.74) is -0.357. The molecule has 1 saturated carbocycles. The Labute approximate surface area is 135 Å². The van der Waals surface area contributed by atoms with E-state index in [1.165, 1.54) is 19.3 Å². The van der Waals surface area contributed by atoms with Crippen LogP contribution in [0.1, 0.15) is 66.7 Å². The van der Waals surface area contributed by atoms with E-state index in [-0.39, 0.29) is 23.6 Å². The molecular formula is C19H32O3. The van der Waals surface area contributed by atoms with E-state index in [1.54, 1.807) is 0 Å². The largest absolute Gasteiger partial charge is 0.459 e. The van der Waals surface area contributed by atoms with Gasteiger partial charge in [-0.1, -0.05) is 33.6 Å². The topological polar surface area (TPSA) is 35.5 Å². The molecule has 0 amide bonds. The molecule has 0 aromatic heterocycles. The molecule has 7 atom stereocenters. The molecule has 3 heteroatoms. The van der Waals surface area contributed by atoms with Crippen LogP contribution in [0.5, 0.6) is 0 Å². The standard InChI is InChI=1S/C19H32O3/c1-6-11-9-12(7-2)16-15(11)14-10-13(17(16)21-14)18(20)22-19(4,5)8-3/h11-17H,6-10H2,1-5H3. The molecule has 1 aliphatic carbocycles. The lowest BCUT2D eigenvalue weighted by Crippen LogP contribution is -2.41. The summed E-state index contributed by atoms with van der Waals surface area (Å²) in [6.45, 7) is 10.7. The molecule has 0 radical (unpaired) electrons. The minimum atomic E-state index is -0.357. The molecule has 2 heterocycles. The van der Waals surface area contributed by atoms with Crippen molar-refractivity contribution < 1.29 is 14.3 Å². The molecule has 0 N–H and O–H groups in total. The van der Waals surface area contributed by atoms with Gasteiger partial charge in [0.15, 0.2) is 0 Å². The van der Waals surface area contributed by atoms with Crippen LogP contribution in [0.3, 0.4) is 0 Å². The third-order valence-corrected chi connectivity index (χ3v) is 6.74. The molecule has 0 spiro atoms. The summed E-state index contributed by atoms with van der Waals surface area (Å²) < 4.78 is 12.1. The SMILES string of the molecule is CCC1CC(CC)C2C3OC(CC3C(=O)OC(C)(C)CC)C12. The number of rotatable bonds is 5. The molecular weight excluding hydrogens is 276 g/mol. The zero-order chi connectivity index (χ0) is 16.1. The first kappa shape index (κ1) is 16.3. The Bertz CT molecular complexity index is 430. The number of esters is 1. The van der Waals surface area contributed by atoms with Gasteiger partial charge in [-0.2, -0.15) is 0 Å². The fourth-order valence-electron chi connectivity index (χ4n) is 5.24. The zero-order valence-electron chi connectivity index (χ0n) is 14.8. The molecule has 22 heavy (non-hydrogen) atoms. The van der Waals surface area contributed by atoms with Crippen molar-refractivity contribution in [2.24, 2.45) is 29.6 Å². The van der Waals surface area contributed by atoms with Crippen molar-refractivity contribution in [1.29, 1.82) is 0 Å². The van der Waals surface area contributed by atoms with Gasteiger partial charge in [0.2, 0.25) is 0 Å². The van der Waals surface area contributed by atoms with E-state index in [9.17, 15) is 4.79 Å². The Morgan fingerprint density at radius 3 is 2.32 bits per heavy atom. The lowest BCUT2D eigenvalue weighted by atomic mass is 9.70. The third-order valence-electron chi connectivity index (χ3n) is 6.74. The molecule has 2 saturated heterocycles. The number of carbonyl (C=O) groups excluding carboxylic acids is 1. The highest BCUT2D eigenvalue weighted by atomic mass is 16.6. The number of ether oxygens (including phenoxy) is 2. The highest BCUT2D eigenvalue weighted by Gasteiger charge is 2.62. The number of hydrogen-bond acceptors (Lipinski definition) is 3. The van der Waals surface area contributed by atoms with Gasteiger partial charge in [-0.15, -0.1) is 0 Å². The minimum Gasteiger partial charge on any atom is -0.459 e. The van der Waals surface area contributed by atoms with Crippen LogP contribution in [0.25, 0.3) is 0 Å². The van der Waals surface area contributed by atoms with Gasteiger partial charge in [0.1, 0.15) is 5.60 Å². The van der Waals surface area contributed by atoms with E-state index < -0.39 is 0 Å². The van der Waals surface area contributed by atoms with Gasteiger partial charge < -0.3 is 9.47 Å². The predicted molar refractivity (Wildman–Crippen MR) is 86.4 cm³/mol. The zero-order valence-corrected chi connectivity index (χ0v) is 14.8. The Balaban J connectivity index is 1.74. The van der Waals surface area contributed by atoms with Crippen molar-refractivity contribution in [3.8, 4) is 0 Å². The number of hydrogen-bond donors (Lipinski definition) is 0. The van der Waals surface area contributed by atoms with Gasteiger partial charge in [0.25, 0.3) is 0 Å². The maximum absolute atomic E-state index is 12.6. The Hall–Kier alpha value is -0.570. The van der Waals surface area contributed by atoms with Crippen molar-refractivity contribution >= 4 is 5.97 Å². The van der Waals surface area contributed by atoms with Crippen molar-refractivity contribution in [2.45, 2.75) is 84.5 Å². The van der Waals surface area contributed by atoms with Crippen molar-refractivity contribution in [1.82, 2.24) is 0 Å². The predicted octanol–water partition coefficient (Wildman–Crippen LogP) is 4.19. The fourth-order valence-corrected chi connectivity index (χ4v) is 5.24. The van der Waals surface area contributed by atoms with E-state index in [4.69, 9.17) is 9.47 Å². The fraction of sp³-hybridized carbons (Fsp3) is 0.947. The van der Waals surface area contributed by atoms with Crippen LogP contribution in [0.4, 0.5) is 0 Å². The summed E-state index contributed by atoms with van der Waals surface area (Å²) >= 11 is 0. The first-order chi connectivity index (χ1) is 10.4. The highest BCUT2D eigenvalue weighted by Crippen LogP contribution is 2.60. The van der Waals surface area contributed by atoms with E-state index >= 15 is 0 Å². The first-order valence-corrected chi connectivity index (χ1v) is 9.30. The van der Waals surface area contributed by atoms with E-state index in [0.29, 0.717) is 17.9 Å². The summed E-state index contributed by atoms with van der Waals surface area (Å²) in [5, 5.41) is 0. The summed E-state index contributed by atoms with van der Waals surface area (Å²) in [6, 6.07) is 0. The first-order valence-electron chi connectivity index (χ1n) is 9.30. The van der Waals surface area contributed by atoms with Crippen LogP contribution in [0, 0.1) is 29.6 Å². The van der Waals surface area contributed by atoms with E-state index in [1.807, 2.05) is 13.8 Å². The van der Waals surface area contributed by atoms with Crippen molar-refractivity contribution in [2.75, 3.05) is 0 Å². The van der Waals surface area contributed by atoms with E-state index in [0.717, 1.165) is 24.7 Å². The maximum atomic E-state index is 12.6. The maximum Gasteiger partial charge on any atom is 0.312 e.